The largest absolute Gasteiger partial charge is 0.373 e. The van der Waals surface area contributed by atoms with Gasteiger partial charge in [0.05, 0.1) is 12.3 Å². The molecule has 26 heavy (non-hydrogen) atoms. The molecule has 5 heteroatoms. The van der Waals surface area contributed by atoms with Gasteiger partial charge in [0.1, 0.15) is 12.9 Å². The first-order valence-electron chi connectivity index (χ1n) is 9.26. The van der Waals surface area contributed by atoms with Gasteiger partial charge in [-0.2, -0.15) is 0 Å². The molecule has 1 aliphatic rings. The first-order chi connectivity index (χ1) is 12.8. The van der Waals surface area contributed by atoms with E-state index in [0.717, 1.165) is 56.5 Å². The van der Waals surface area contributed by atoms with Gasteiger partial charge in [0.2, 0.25) is 0 Å². The summed E-state index contributed by atoms with van der Waals surface area (Å²) in [6, 6.07) is 10.5. The van der Waals surface area contributed by atoms with Crippen molar-refractivity contribution in [2.24, 2.45) is 0 Å². The van der Waals surface area contributed by atoms with Crippen molar-refractivity contribution < 1.29 is 14.1 Å². The molecule has 0 saturated heterocycles. The standard InChI is InChI=1S/C21H26N2O3/c1-17-15-23(21-10-5-4-9-20(17)21)11-6-2-3-8-18-14-19(26-22-18)16-25-13-7-12-24/h4-5,9-10,12,14H,1-3,6-8,11,13,15-16H2. The van der Waals surface area contributed by atoms with Crippen LogP contribution in [0.15, 0.2) is 41.4 Å². The fourth-order valence-corrected chi connectivity index (χ4v) is 3.28. The highest BCUT2D eigenvalue weighted by atomic mass is 16.5. The molecule has 0 fully saturated rings. The Morgan fingerprint density at radius 2 is 2.15 bits per heavy atom. The van der Waals surface area contributed by atoms with E-state index in [1.54, 1.807) is 0 Å². The van der Waals surface area contributed by atoms with Gasteiger partial charge in [0.15, 0.2) is 5.76 Å². The third-order valence-corrected chi connectivity index (χ3v) is 4.60. The fourth-order valence-electron chi connectivity index (χ4n) is 3.28. The second kappa shape index (κ2) is 9.34. The summed E-state index contributed by atoms with van der Waals surface area (Å²) in [7, 11) is 0. The molecule has 2 aromatic rings. The number of carbonyl (C=O) groups is 1. The minimum absolute atomic E-state index is 0.374. The third kappa shape index (κ3) is 4.82. The van der Waals surface area contributed by atoms with Crippen LogP contribution in [0, 0.1) is 0 Å². The van der Waals surface area contributed by atoms with Gasteiger partial charge < -0.3 is 19.0 Å². The number of carbonyl (C=O) groups excluding carboxylic acids is 1. The molecule has 1 aliphatic heterocycles. The zero-order chi connectivity index (χ0) is 18.2. The number of para-hydroxylation sites is 1. The van der Waals surface area contributed by atoms with Crippen LogP contribution in [0.3, 0.4) is 0 Å². The number of aryl methyl sites for hydroxylation is 1. The molecule has 0 spiro atoms. The van der Waals surface area contributed by atoms with E-state index in [4.69, 9.17) is 9.26 Å². The zero-order valence-electron chi connectivity index (χ0n) is 15.2. The molecular formula is C21H26N2O3. The van der Waals surface area contributed by atoms with E-state index in [1.807, 2.05) is 6.07 Å². The topological polar surface area (TPSA) is 55.6 Å². The summed E-state index contributed by atoms with van der Waals surface area (Å²) in [4.78, 5) is 12.6. The van der Waals surface area contributed by atoms with E-state index in [9.17, 15) is 4.79 Å². The van der Waals surface area contributed by atoms with Crippen molar-refractivity contribution in [3.63, 3.8) is 0 Å². The number of rotatable bonds is 11. The van der Waals surface area contributed by atoms with E-state index in [0.29, 0.717) is 19.6 Å². The molecule has 1 aromatic heterocycles. The number of hydrogen-bond acceptors (Lipinski definition) is 5. The highest BCUT2D eigenvalue weighted by molar-refractivity contribution is 5.84. The summed E-state index contributed by atoms with van der Waals surface area (Å²) in [6.07, 6.45) is 5.58. The molecule has 0 N–H and O–H groups in total. The average Bonchev–Trinajstić information content (AvgIpc) is 3.24. The molecule has 3 rings (SSSR count). The Hall–Kier alpha value is -2.40. The van der Waals surface area contributed by atoms with E-state index < -0.39 is 0 Å². The van der Waals surface area contributed by atoms with Crippen LogP contribution in [0.25, 0.3) is 5.57 Å². The Labute approximate surface area is 154 Å². The van der Waals surface area contributed by atoms with Gasteiger partial charge in [-0.05, 0) is 30.9 Å². The second-order valence-corrected chi connectivity index (χ2v) is 6.65. The Kier molecular flexibility index (Phi) is 6.61. The molecule has 138 valence electrons. The van der Waals surface area contributed by atoms with Crippen LogP contribution in [0.2, 0.25) is 0 Å². The lowest BCUT2D eigenvalue weighted by atomic mass is 10.1. The van der Waals surface area contributed by atoms with Gasteiger partial charge in [0, 0.05) is 36.8 Å². The third-order valence-electron chi connectivity index (χ3n) is 4.60. The molecule has 0 aliphatic carbocycles. The molecule has 5 nitrogen and oxygen atoms in total. The van der Waals surface area contributed by atoms with Crippen molar-refractivity contribution in [2.75, 3.05) is 24.6 Å². The van der Waals surface area contributed by atoms with Crippen LogP contribution >= 0.6 is 0 Å². The number of benzene rings is 1. The Bertz CT molecular complexity index is 738. The Balaban J connectivity index is 1.33. The normalized spacial score (nSPS) is 13.2. The van der Waals surface area contributed by atoms with Gasteiger partial charge in [-0.3, -0.25) is 0 Å². The molecule has 2 heterocycles. The molecule has 0 unspecified atom stereocenters. The number of ether oxygens (including phenoxy) is 1. The number of nitrogens with zero attached hydrogens (tertiary/aromatic N) is 2. The number of aldehydes is 1. The smallest absolute Gasteiger partial charge is 0.162 e. The van der Waals surface area contributed by atoms with E-state index in [-0.39, 0.29) is 0 Å². The maximum atomic E-state index is 10.2. The first kappa shape index (κ1) is 18.4. The first-order valence-corrected chi connectivity index (χ1v) is 9.26. The molecule has 1 aromatic carbocycles. The van der Waals surface area contributed by atoms with Crippen LogP contribution in [-0.2, 0) is 22.6 Å². The molecular weight excluding hydrogens is 328 g/mol. The van der Waals surface area contributed by atoms with Crippen LogP contribution in [-0.4, -0.2) is 31.1 Å². The predicted octanol–water partition coefficient (Wildman–Crippen LogP) is 4.03. The molecule has 0 atom stereocenters. The van der Waals surface area contributed by atoms with Crippen molar-refractivity contribution in [1.82, 2.24) is 5.16 Å². The Morgan fingerprint density at radius 3 is 3.04 bits per heavy atom. The van der Waals surface area contributed by atoms with E-state index in [1.165, 1.54) is 16.8 Å². The SMILES string of the molecule is C=C1CN(CCCCCc2cc(COCCC=O)on2)c2ccccc21. The predicted molar refractivity (Wildman–Crippen MR) is 102 cm³/mol. The minimum Gasteiger partial charge on any atom is -0.373 e. The summed E-state index contributed by atoms with van der Waals surface area (Å²) in [6.45, 7) is 6.97. The van der Waals surface area contributed by atoms with Gasteiger partial charge in [0.25, 0.3) is 0 Å². The van der Waals surface area contributed by atoms with Gasteiger partial charge >= 0.3 is 0 Å². The molecule has 0 saturated carbocycles. The molecule has 0 amide bonds. The quantitative estimate of drug-likeness (QED) is 0.450. The van der Waals surface area contributed by atoms with Crippen molar-refractivity contribution >= 4 is 17.5 Å². The van der Waals surface area contributed by atoms with E-state index in [2.05, 4.69) is 40.9 Å². The van der Waals surface area contributed by atoms with Gasteiger partial charge in [-0.15, -0.1) is 0 Å². The number of fused-ring (bicyclic) bond motifs is 1. The highest BCUT2D eigenvalue weighted by Gasteiger charge is 2.20. The molecule has 0 radical (unpaired) electrons. The van der Waals surface area contributed by atoms with Gasteiger partial charge in [-0.1, -0.05) is 36.4 Å². The second-order valence-electron chi connectivity index (χ2n) is 6.65. The lowest BCUT2D eigenvalue weighted by Crippen LogP contribution is -2.21. The fraction of sp³-hybridized carbons (Fsp3) is 0.429. The number of anilines is 1. The summed E-state index contributed by atoms with van der Waals surface area (Å²) < 4.78 is 10.6. The monoisotopic (exact) mass is 354 g/mol. The summed E-state index contributed by atoms with van der Waals surface area (Å²) in [5.74, 6) is 0.720. The van der Waals surface area contributed by atoms with Crippen molar-refractivity contribution in [1.29, 1.82) is 0 Å². The van der Waals surface area contributed by atoms with E-state index >= 15 is 0 Å². The van der Waals surface area contributed by atoms with Gasteiger partial charge in [-0.25, -0.2) is 0 Å². The number of hydrogen-bond donors (Lipinski definition) is 0. The van der Waals surface area contributed by atoms with Crippen LogP contribution in [0.4, 0.5) is 5.69 Å². The number of unbranched alkanes of at least 4 members (excludes halogenated alkanes) is 2. The van der Waals surface area contributed by atoms with Crippen LogP contribution in [0.5, 0.6) is 0 Å². The summed E-state index contributed by atoms with van der Waals surface area (Å²) >= 11 is 0. The maximum absolute atomic E-state index is 10.2. The number of aromatic nitrogens is 1. The molecule has 0 bridgehead atoms. The summed E-state index contributed by atoms with van der Waals surface area (Å²) in [5.41, 5.74) is 4.79. The maximum Gasteiger partial charge on any atom is 0.162 e. The lowest BCUT2D eigenvalue weighted by Gasteiger charge is -2.18. The zero-order valence-corrected chi connectivity index (χ0v) is 15.2. The summed E-state index contributed by atoms with van der Waals surface area (Å²) in [5, 5.41) is 4.08. The van der Waals surface area contributed by atoms with Crippen molar-refractivity contribution in [3.8, 4) is 0 Å². The minimum atomic E-state index is 0.374. The van der Waals surface area contributed by atoms with Crippen molar-refractivity contribution in [2.45, 2.75) is 38.7 Å². The lowest BCUT2D eigenvalue weighted by molar-refractivity contribution is -0.108. The average molecular weight is 354 g/mol. The van der Waals surface area contributed by atoms with Crippen molar-refractivity contribution in [3.05, 3.63) is 53.9 Å². The van der Waals surface area contributed by atoms with Crippen LogP contribution < -0.4 is 4.90 Å². The highest BCUT2D eigenvalue weighted by Crippen LogP contribution is 2.34. The van der Waals surface area contributed by atoms with Crippen LogP contribution in [0.1, 0.15) is 42.7 Å². The Morgan fingerprint density at radius 1 is 1.27 bits per heavy atom.